The van der Waals surface area contributed by atoms with Gasteiger partial charge in [-0.1, -0.05) is 12.1 Å². The van der Waals surface area contributed by atoms with Gasteiger partial charge in [-0.3, -0.25) is 0 Å². The van der Waals surface area contributed by atoms with E-state index in [1.54, 1.807) is 7.11 Å². The van der Waals surface area contributed by atoms with E-state index in [0.717, 1.165) is 18.2 Å². The largest absolute Gasteiger partial charge is 0.497 e. The Hall–Kier alpha value is -1.02. The van der Waals surface area contributed by atoms with Crippen molar-refractivity contribution in [1.82, 2.24) is 5.32 Å². The first-order valence-electron chi connectivity index (χ1n) is 6.14. The quantitative estimate of drug-likeness (QED) is 0.843. The second-order valence-electron chi connectivity index (χ2n) is 4.80. The predicted molar refractivity (Wildman–Crippen MR) is 66.9 cm³/mol. The van der Waals surface area contributed by atoms with Crippen molar-refractivity contribution >= 4 is 0 Å². The van der Waals surface area contributed by atoms with Crippen LogP contribution in [0.1, 0.15) is 25.3 Å². The van der Waals surface area contributed by atoms with Gasteiger partial charge < -0.3 is 10.1 Å². The lowest BCUT2D eigenvalue weighted by Crippen LogP contribution is -2.37. The third-order valence-electron chi connectivity index (χ3n) is 3.45. The Kier molecular flexibility index (Phi) is 3.83. The number of rotatable bonds is 3. The molecule has 0 aromatic heterocycles. The van der Waals surface area contributed by atoms with Crippen molar-refractivity contribution < 1.29 is 4.74 Å². The third kappa shape index (κ3) is 2.99. The highest BCUT2D eigenvalue weighted by atomic mass is 16.5. The first-order chi connectivity index (χ1) is 7.78. The summed E-state index contributed by atoms with van der Waals surface area (Å²) in [5.74, 6) is 1.74. The number of hydrogen-bond acceptors (Lipinski definition) is 2. The number of ether oxygens (including phenoxy) is 1. The molecule has 1 N–H and O–H groups in total. The van der Waals surface area contributed by atoms with Crippen LogP contribution in [-0.4, -0.2) is 19.7 Å². The molecule has 0 aliphatic carbocycles. The Balaban J connectivity index is 1.88. The molecular formula is C14H21NO. The minimum Gasteiger partial charge on any atom is -0.497 e. The zero-order chi connectivity index (χ0) is 11.4. The predicted octanol–water partition coefficient (Wildman–Crippen LogP) is 2.63. The van der Waals surface area contributed by atoms with Crippen LogP contribution in [0.25, 0.3) is 0 Å². The molecule has 1 aliphatic rings. The number of piperidine rings is 1. The second kappa shape index (κ2) is 5.35. The second-order valence-corrected chi connectivity index (χ2v) is 4.80. The molecule has 2 nitrogen and oxygen atoms in total. The maximum absolute atomic E-state index is 5.16. The minimum absolute atomic E-state index is 0.701. The van der Waals surface area contributed by atoms with Crippen LogP contribution in [0.15, 0.2) is 24.3 Å². The van der Waals surface area contributed by atoms with Crippen molar-refractivity contribution in [2.75, 3.05) is 13.7 Å². The van der Waals surface area contributed by atoms with Gasteiger partial charge in [0.05, 0.1) is 7.11 Å². The molecule has 1 aromatic rings. The number of methoxy groups -OCH3 is 1. The molecule has 2 atom stereocenters. The molecule has 1 fully saturated rings. The van der Waals surface area contributed by atoms with E-state index in [4.69, 9.17) is 4.74 Å². The van der Waals surface area contributed by atoms with Crippen molar-refractivity contribution in [2.45, 2.75) is 32.2 Å². The first-order valence-corrected chi connectivity index (χ1v) is 6.14. The van der Waals surface area contributed by atoms with Crippen LogP contribution in [-0.2, 0) is 6.42 Å². The van der Waals surface area contributed by atoms with E-state index in [0.29, 0.717) is 6.04 Å². The van der Waals surface area contributed by atoms with Gasteiger partial charge in [0.25, 0.3) is 0 Å². The van der Waals surface area contributed by atoms with E-state index in [-0.39, 0.29) is 0 Å². The fraction of sp³-hybridized carbons (Fsp3) is 0.571. The fourth-order valence-corrected chi connectivity index (χ4v) is 2.33. The van der Waals surface area contributed by atoms with Crippen LogP contribution in [0, 0.1) is 5.92 Å². The molecule has 0 spiro atoms. The monoisotopic (exact) mass is 219 g/mol. The Morgan fingerprint density at radius 3 is 2.56 bits per heavy atom. The minimum atomic E-state index is 0.701. The van der Waals surface area contributed by atoms with E-state index in [1.807, 2.05) is 12.1 Å². The van der Waals surface area contributed by atoms with Crippen molar-refractivity contribution in [2.24, 2.45) is 5.92 Å². The zero-order valence-corrected chi connectivity index (χ0v) is 10.2. The highest BCUT2D eigenvalue weighted by Crippen LogP contribution is 2.20. The molecular weight excluding hydrogens is 198 g/mol. The lowest BCUT2D eigenvalue weighted by Gasteiger charge is -2.27. The summed E-state index contributed by atoms with van der Waals surface area (Å²) in [5.41, 5.74) is 1.42. The zero-order valence-electron chi connectivity index (χ0n) is 10.2. The number of nitrogens with one attached hydrogen (secondary N) is 1. The van der Waals surface area contributed by atoms with Crippen LogP contribution in [0.2, 0.25) is 0 Å². The lowest BCUT2D eigenvalue weighted by molar-refractivity contribution is 0.322. The molecule has 0 bridgehead atoms. The number of benzene rings is 1. The van der Waals surface area contributed by atoms with Crippen LogP contribution in [0.5, 0.6) is 5.75 Å². The summed E-state index contributed by atoms with van der Waals surface area (Å²) in [6.45, 7) is 3.43. The van der Waals surface area contributed by atoms with Gasteiger partial charge in [-0.15, -0.1) is 0 Å². The summed E-state index contributed by atoms with van der Waals surface area (Å²) < 4.78 is 5.16. The topological polar surface area (TPSA) is 21.3 Å². The summed E-state index contributed by atoms with van der Waals surface area (Å²) in [7, 11) is 1.71. The molecule has 88 valence electrons. The van der Waals surface area contributed by atoms with Crippen LogP contribution >= 0.6 is 0 Å². The maximum Gasteiger partial charge on any atom is 0.118 e. The van der Waals surface area contributed by atoms with Crippen molar-refractivity contribution in [3.63, 3.8) is 0 Å². The van der Waals surface area contributed by atoms with Gasteiger partial charge in [-0.25, -0.2) is 0 Å². The molecule has 1 aromatic carbocycles. The van der Waals surface area contributed by atoms with Gasteiger partial charge in [0.15, 0.2) is 0 Å². The highest BCUT2D eigenvalue weighted by molar-refractivity contribution is 5.27. The standard InChI is InChI=1S/C14H21NO/c1-11-3-4-13(10-15-11)9-12-5-7-14(16-2)8-6-12/h5-8,11,13,15H,3-4,9-10H2,1-2H3. The normalized spacial score (nSPS) is 25.4. The molecule has 1 saturated heterocycles. The lowest BCUT2D eigenvalue weighted by atomic mass is 9.90. The fourth-order valence-electron chi connectivity index (χ4n) is 2.33. The van der Waals surface area contributed by atoms with E-state index < -0.39 is 0 Å². The average molecular weight is 219 g/mol. The Morgan fingerprint density at radius 1 is 1.25 bits per heavy atom. The van der Waals surface area contributed by atoms with Crippen LogP contribution in [0.4, 0.5) is 0 Å². The van der Waals surface area contributed by atoms with Crippen molar-refractivity contribution in [1.29, 1.82) is 0 Å². The molecule has 2 rings (SSSR count). The molecule has 0 saturated carbocycles. The summed E-state index contributed by atoms with van der Waals surface area (Å²) in [5, 5.41) is 3.55. The molecule has 1 heterocycles. The Morgan fingerprint density at radius 2 is 2.00 bits per heavy atom. The smallest absolute Gasteiger partial charge is 0.118 e. The van der Waals surface area contributed by atoms with E-state index in [2.05, 4.69) is 24.4 Å². The van der Waals surface area contributed by atoms with E-state index >= 15 is 0 Å². The summed E-state index contributed by atoms with van der Waals surface area (Å²) in [6.07, 6.45) is 3.84. The summed E-state index contributed by atoms with van der Waals surface area (Å²) in [6, 6.07) is 9.16. The SMILES string of the molecule is COc1ccc(CC2CCC(C)NC2)cc1. The summed E-state index contributed by atoms with van der Waals surface area (Å²) in [4.78, 5) is 0. The molecule has 2 heteroatoms. The molecule has 2 unspecified atom stereocenters. The van der Waals surface area contributed by atoms with Gasteiger partial charge in [-0.2, -0.15) is 0 Å². The Bertz CT molecular complexity index is 312. The number of hydrogen-bond donors (Lipinski definition) is 1. The molecule has 16 heavy (non-hydrogen) atoms. The average Bonchev–Trinajstić information content (AvgIpc) is 2.33. The van der Waals surface area contributed by atoms with Gasteiger partial charge in [0.1, 0.15) is 5.75 Å². The molecule has 0 radical (unpaired) electrons. The van der Waals surface area contributed by atoms with Gasteiger partial charge in [-0.05, 0) is 56.3 Å². The third-order valence-corrected chi connectivity index (χ3v) is 3.45. The molecule has 0 amide bonds. The van der Waals surface area contributed by atoms with Crippen LogP contribution in [0.3, 0.4) is 0 Å². The van der Waals surface area contributed by atoms with Crippen LogP contribution < -0.4 is 10.1 Å². The summed E-state index contributed by atoms with van der Waals surface area (Å²) >= 11 is 0. The first kappa shape index (κ1) is 11.5. The van der Waals surface area contributed by atoms with E-state index in [1.165, 1.54) is 24.8 Å². The van der Waals surface area contributed by atoms with Gasteiger partial charge in [0.2, 0.25) is 0 Å². The molecule has 1 aliphatic heterocycles. The van der Waals surface area contributed by atoms with Crippen molar-refractivity contribution in [3.05, 3.63) is 29.8 Å². The van der Waals surface area contributed by atoms with E-state index in [9.17, 15) is 0 Å². The Labute approximate surface area is 98.0 Å². The maximum atomic E-state index is 5.16. The van der Waals surface area contributed by atoms with Crippen molar-refractivity contribution in [3.8, 4) is 5.75 Å². The highest BCUT2D eigenvalue weighted by Gasteiger charge is 2.17. The van der Waals surface area contributed by atoms with Gasteiger partial charge >= 0.3 is 0 Å². The van der Waals surface area contributed by atoms with Gasteiger partial charge in [0, 0.05) is 6.04 Å².